The molecule has 0 fully saturated rings. The first-order valence-electron chi connectivity index (χ1n) is 6.39. The third-order valence-electron chi connectivity index (χ3n) is 3.39. The summed E-state index contributed by atoms with van der Waals surface area (Å²) in [6.07, 6.45) is 1.07. The zero-order valence-electron chi connectivity index (χ0n) is 12.4. The lowest BCUT2D eigenvalue weighted by atomic mass is 10.5. The van der Waals surface area contributed by atoms with Gasteiger partial charge < -0.3 is 4.23 Å². The van der Waals surface area contributed by atoms with Crippen LogP contribution in [0.15, 0.2) is 24.6 Å². The van der Waals surface area contributed by atoms with E-state index in [1.165, 1.54) is 0 Å². The third-order valence-corrected chi connectivity index (χ3v) is 14.4. The molecule has 1 nitrogen and oxygen atoms in total. The Labute approximate surface area is 125 Å². The average Bonchev–Trinajstić information content (AvgIpc) is 2.22. The fraction of sp³-hybridized carbons (Fsp3) is 0.667. The van der Waals surface area contributed by atoms with Gasteiger partial charge >= 0.3 is 0 Å². The van der Waals surface area contributed by atoms with Gasteiger partial charge in [0, 0.05) is 0 Å². The Kier molecular flexibility index (Phi) is 7.16. The van der Waals surface area contributed by atoms with Gasteiger partial charge in [0.2, 0.25) is 6.69 Å². The molecule has 18 heavy (non-hydrogen) atoms. The molecular weight excluding hydrogens is 313 g/mol. The molecule has 0 unspecified atom stereocenters. The Morgan fingerprint density at radius 1 is 0.944 bits per heavy atom. The average molecular weight is 341 g/mol. The topological polar surface area (TPSA) is 3.24 Å². The standard InChI is InChI=1S/C12H27Cl2NSi3/c1-8-16(3,4)15(17(5,6)9-2)11-10-12-18(7,13)14/h8-9H,1-2,10-12H2,3-7H3. The van der Waals surface area contributed by atoms with Crippen LogP contribution in [-0.2, 0) is 0 Å². The minimum absolute atomic E-state index is 0.954. The maximum Gasteiger partial charge on any atom is 0.248 e. The van der Waals surface area contributed by atoms with Crippen LogP contribution in [0.2, 0.25) is 38.8 Å². The van der Waals surface area contributed by atoms with Gasteiger partial charge in [-0.1, -0.05) is 37.6 Å². The molecule has 0 bridgehead atoms. The minimum Gasteiger partial charge on any atom is -0.339 e. The summed E-state index contributed by atoms with van der Waals surface area (Å²) in [7, 11) is -3.08. The molecule has 0 atom stereocenters. The van der Waals surface area contributed by atoms with E-state index in [1.54, 1.807) is 0 Å². The predicted octanol–water partition coefficient (Wildman–Crippen LogP) is 5.09. The van der Waals surface area contributed by atoms with E-state index in [-0.39, 0.29) is 0 Å². The summed E-state index contributed by atoms with van der Waals surface area (Å²) in [5.41, 5.74) is 4.31. The van der Waals surface area contributed by atoms with Gasteiger partial charge in [-0.3, -0.25) is 0 Å². The number of rotatable bonds is 8. The lowest BCUT2D eigenvalue weighted by Crippen LogP contribution is -2.60. The van der Waals surface area contributed by atoms with E-state index < -0.39 is 23.2 Å². The van der Waals surface area contributed by atoms with Crippen molar-refractivity contribution < 1.29 is 0 Å². The van der Waals surface area contributed by atoms with Gasteiger partial charge in [0.25, 0.3) is 0 Å². The Morgan fingerprint density at radius 3 is 1.61 bits per heavy atom. The first-order chi connectivity index (χ1) is 7.96. The van der Waals surface area contributed by atoms with Crippen molar-refractivity contribution in [3.8, 4) is 0 Å². The van der Waals surface area contributed by atoms with Gasteiger partial charge in [-0.15, -0.1) is 35.3 Å². The van der Waals surface area contributed by atoms with Gasteiger partial charge in [0.1, 0.15) is 16.5 Å². The van der Waals surface area contributed by atoms with E-state index in [0.29, 0.717) is 0 Å². The summed E-state index contributed by atoms with van der Waals surface area (Å²) < 4.78 is 2.67. The summed E-state index contributed by atoms with van der Waals surface area (Å²) in [4.78, 5) is 0. The van der Waals surface area contributed by atoms with Crippen molar-refractivity contribution in [2.75, 3.05) is 6.54 Å². The normalized spacial score (nSPS) is 13.8. The fourth-order valence-electron chi connectivity index (χ4n) is 2.09. The first kappa shape index (κ1) is 18.7. The highest BCUT2D eigenvalue weighted by Crippen LogP contribution is 2.26. The number of halogens is 2. The maximum atomic E-state index is 6.18. The molecule has 106 valence electrons. The molecule has 6 heteroatoms. The van der Waals surface area contributed by atoms with Crippen molar-refractivity contribution in [1.29, 1.82) is 0 Å². The summed E-state index contributed by atoms with van der Waals surface area (Å²) in [5, 5.41) is 0. The van der Waals surface area contributed by atoms with E-state index in [2.05, 4.69) is 55.0 Å². The summed E-state index contributed by atoms with van der Waals surface area (Å²) in [6, 6.07) is 0.954. The van der Waals surface area contributed by atoms with Crippen LogP contribution in [0.4, 0.5) is 0 Å². The molecule has 0 saturated carbocycles. The molecule has 0 aliphatic carbocycles. The van der Waals surface area contributed by atoms with E-state index in [9.17, 15) is 0 Å². The monoisotopic (exact) mass is 339 g/mol. The SMILES string of the molecule is C=C[Si](C)(C)N(CCC[Si](C)(Cl)Cl)[Si](C)(C)C=C. The molecule has 0 saturated heterocycles. The van der Waals surface area contributed by atoms with Crippen LogP contribution < -0.4 is 0 Å². The van der Waals surface area contributed by atoms with E-state index in [0.717, 1.165) is 19.0 Å². The maximum absolute atomic E-state index is 6.18. The number of hydrogen-bond acceptors (Lipinski definition) is 1. The molecule has 0 heterocycles. The van der Waals surface area contributed by atoms with Crippen LogP contribution in [0.25, 0.3) is 0 Å². The Bertz CT molecular complexity index is 278. The molecule has 0 spiro atoms. The van der Waals surface area contributed by atoms with Gasteiger partial charge in [-0.2, -0.15) is 0 Å². The van der Waals surface area contributed by atoms with Gasteiger partial charge in [0.15, 0.2) is 0 Å². The molecular formula is C12H27Cl2NSi3. The highest BCUT2D eigenvalue weighted by atomic mass is 35.7. The van der Waals surface area contributed by atoms with Crippen molar-refractivity contribution in [3.05, 3.63) is 24.6 Å². The van der Waals surface area contributed by atoms with Crippen LogP contribution >= 0.6 is 22.2 Å². The van der Waals surface area contributed by atoms with Crippen LogP contribution in [0.3, 0.4) is 0 Å². The number of hydrogen-bond donors (Lipinski definition) is 0. The molecule has 0 aromatic rings. The quantitative estimate of drug-likeness (QED) is 0.439. The second-order valence-electron chi connectivity index (χ2n) is 6.04. The number of nitrogens with zero attached hydrogens (tertiary/aromatic N) is 1. The van der Waals surface area contributed by atoms with Gasteiger partial charge in [-0.05, 0) is 25.6 Å². The Balaban J connectivity index is 4.81. The van der Waals surface area contributed by atoms with E-state index in [4.69, 9.17) is 22.2 Å². The largest absolute Gasteiger partial charge is 0.339 e. The molecule has 0 N–H and O–H groups in total. The summed E-state index contributed by atoms with van der Waals surface area (Å²) >= 11 is 12.4. The van der Waals surface area contributed by atoms with Crippen molar-refractivity contribution in [1.82, 2.24) is 4.23 Å². The van der Waals surface area contributed by atoms with Crippen LogP contribution in [0, 0.1) is 0 Å². The highest BCUT2D eigenvalue weighted by molar-refractivity contribution is 7.44. The molecule has 0 radical (unpaired) electrons. The van der Waals surface area contributed by atoms with Crippen molar-refractivity contribution in [3.63, 3.8) is 0 Å². The third kappa shape index (κ3) is 6.21. The first-order valence-corrected chi connectivity index (χ1v) is 17.2. The highest BCUT2D eigenvalue weighted by Gasteiger charge is 2.37. The predicted molar refractivity (Wildman–Crippen MR) is 94.8 cm³/mol. The molecule has 0 aliphatic rings. The molecule has 0 amide bonds. The van der Waals surface area contributed by atoms with Crippen molar-refractivity contribution in [2.24, 2.45) is 0 Å². The van der Waals surface area contributed by atoms with Crippen LogP contribution in [-0.4, -0.2) is 33.9 Å². The lowest BCUT2D eigenvalue weighted by molar-refractivity contribution is 0.608. The lowest BCUT2D eigenvalue weighted by Gasteiger charge is -2.44. The summed E-state index contributed by atoms with van der Waals surface area (Å²) in [5.74, 6) is 0. The van der Waals surface area contributed by atoms with Gasteiger partial charge in [0.05, 0.1) is 0 Å². The second-order valence-corrected chi connectivity index (χ2v) is 23.2. The molecule has 0 aliphatic heterocycles. The van der Waals surface area contributed by atoms with Crippen LogP contribution in [0.1, 0.15) is 6.42 Å². The Hall–Kier alpha value is 0.671. The van der Waals surface area contributed by atoms with E-state index >= 15 is 0 Å². The minimum atomic E-state index is -1.97. The Morgan fingerprint density at radius 2 is 1.33 bits per heavy atom. The van der Waals surface area contributed by atoms with Gasteiger partial charge in [-0.25, -0.2) is 0 Å². The molecule has 0 aromatic carbocycles. The fourth-order valence-corrected chi connectivity index (χ4v) is 12.1. The zero-order chi connectivity index (χ0) is 14.6. The summed E-state index contributed by atoms with van der Waals surface area (Å²) in [6.45, 7) is 18.5. The molecule has 0 aromatic heterocycles. The second kappa shape index (κ2) is 6.90. The van der Waals surface area contributed by atoms with Crippen molar-refractivity contribution >= 4 is 45.3 Å². The van der Waals surface area contributed by atoms with Crippen molar-refractivity contribution in [2.45, 2.75) is 45.2 Å². The zero-order valence-corrected chi connectivity index (χ0v) is 16.9. The van der Waals surface area contributed by atoms with E-state index in [1.807, 2.05) is 6.55 Å². The van der Waals surface area contributed by atoms with Crippen LogP contribution in [0.5, 0.6) is 0 Å². The molecule has 0 rings (SSSR count). The smallest absolute Gasteiger partial charge is 0.248 e.